The monoisotopic (exact) mass is 439 g/mol. The second-order valence-corrected chi connectivity index (χ2v) is 8.10. The summed E-state index contributed by atoms with van der Waals surface area (Å²) in [6, 6.07) is 9.29. The standard InChI is InChI=1S/C21H24F3N3O2S/c22-21(23,24)30-19-4-2-18(3-5-19)20(28)27(16-17-6-8-25-9-7-17)11-1-10-26-12-14-29-15-13-26/h2-9H,1,10-16H2. The number of carbonyl (C=O) groups excluding carboxylic acids is 1. The first-order valence-corrected chi connectivity index (χ1v) is 10.6. The maximum Gasteiger partial charge on any atom is 0.446 e. The lowest BCUT2D eigenvalue weighted by Crippen LogP contribution is -2.39. The van der Waals surface area contributed by atoms with Crippen LogP contribution in [0.2, 0.25) is 0 Å². The van der Waals surface area contributed by atoms with E-state index in [0.717, 1.165) is 44.8 Å². The molecule has 0 N–H and O–H groups in total. The molecule has 1 aromatic heterocycles. The van der Waals surface area contributed by atoms with Crippen molar-refractivity contribution >= 4 is 17.7 Å². The summed E-state index contributed by atoms with van der Waals surface area (Å²) < 4.78 is 43.0. The predicted molar refractivity (Wildman–Crippen MR) is 109 cm³/mol. The molecule has 30 heavy (non-hydrogen) atoms. The third kappa shape index (κ3) is 7.30. The lowest BCUT2D eigenvalue weighted by molar-refractivity contribution is -0.0328. The largest absolute Gasteiger partial charge is 0.446 e. The Hall–Kier alpha value is -2.10. The fourth-order valence-corrected chi connectivity index (χ4v) is 3.79. The molecule has 3 rings (SSSR count). The SMILES string of the molecule is O=C(c1ccc(SC(F)(F)F)cc1)N(CCCN1CCOCC1)Cc1ccncc1. The zero-order valence-electron chi connectivity index (χ0n) is 16.5. The van der Waals surface area contributed by atoms with Gasteiger partial charge in [-0.3, -0.25) is 14.7 Å². The van der Waals surface area contributed by atoms with Gasteiger partial charge in [-0.05, 0) is 60.1 Å². The molecule has 1 fully saturated rings. The Morgan fingerprint density at radius 1 is 1.10 bits per heavy atom. The molecule has 2 heterocycles. The topological polar surface area (TPSA) is 45.7 Å². The van der Waals surface area contributed by atoms with Crippen molar-refractivity contribution in [1.29, 1.82) is 0 Å². The number of rotatable bonds is 8. The number of carbonyl (C=O) groups is 1. The smallest absolute Gasteiger partial charge is 0.379 e. The lowest BCUT2D eigenvalue weighted by atomic mass is 10.1. The lowest BCUT2D eigenvalue weighted by Gasteiger charge is -2.28. The number of pyridine rings is 1. The molecule has 162 valence electrons. The maximum absolute atomic E-state index is 13.1. The molecule has 5 nitrogen and oxygen atoms in total. The predicted octanol–water partition coefficient (Wildman–Crippen LogP) is 4.06. The van der Waals surface area contributed by atoms with E-state index in [1.165, 1.54) is 24.3 Å². The van der Waals surface area contributed by atoms with E-state index in [1.807, 2.05) is 12.1 Å². The van der Waals surface area contributed by atoms with Gasteiger partial charge in [0.05, 0.1) is 13.2 Å². The van der Waals surface area contributed by atoms with Gasteiger partial charge in [0.15, 0.2) is 0 Å². The molecule has 9 heteroatoms. The van der Waals surface area contributed by atoms with Gasteiger partial charge in [-0.25, -0.2) is 0 Å². The van der Waals surface area contributed by atoms with Crippen LogP contribution in [0.3, 0.4) is 0 Å². The minimum absolute atomic E-state index is 0.0621. The Bertz CT molecular complexity index is 797. The Morgan fingerprint density at radius 3 is 2.40 bits per heavy atom. The summed E-state index contributed by atoms with van der Waals surface area (Å²) in [6.45, 7) is 5.06. The van der Waals surface area contributed by atoms with Crippen LogP contribution in [0.5, 0.6) is 0 Å². The number of nitrogens with zero attached hydrogens (tertiary/aromatic N) is 3. The highest BCUT2D eigenvalue weighted by Gasteiger charge is 2.29. The second-order valence-electron chi connectivity index (χ2n) is 6.96. The van der Waals surface area contributed by atoms with E-state index in [0.29, 0.717) is 18.7 Å². The van der Waals surface area contributed by atoms with Crippen LogP contribution < -0.4 is 0 Å². The zero-order valence-corrected chi connectivity index (χ0v) is 17.3. The van der Waals surface area contributed by atoms with Gasteiger partial charge in [0.2, 0.25) is 0 Å². The van der Waals surface area contributed by atoms with Crippen LogP contribution in [0.4, 0.5) is 13.2 Å². The normalized spacial score (nSPS) is 15.2. The molecule has 0 radical (unpaired) electrons. The second kappa shape index (κ2) is 10.8. The van der Waals surface area contributed by atoms with Crippen LogP contribution in [0, 0.1) is 0 Å². The first kappa shape index (κ1) is 22.6. The Labute approximate surface area is 178 Å². The number of aromatic nitrogens is 1. The van der Waals surface area contributed by atoms with E-state index in [-0.39, 0.29) is 22.6 Å². The van der Waals surface area contributed by atoms with Crippen LogP contribution in [-0.2, 0) is 11.3 Å². The van der Waals surface area contributed by atoms with E-state index in [2.05, 4.69) is 9.88 Å². The van der Waals surface area contributed by atoms with Crippen LogP contribution >= 0.6 is 11.8 Å². The number of morpholine rings is 1. The third-order valence-corrected chi connectivity index (χ3v) is 5.49. The molecular formula is C21H24F3N3O2S. The quantitative estimate of drug-likeness (QED) is 0.581. The summed E-state index contributed by atoms with van der Waals surface area (Å²) >= 11 is -0.186. The van der Waals surface area contributed by atoms with Gasteiger partial charge >= 0.3 is 5.51 Å². The Morgan fingerprint density at radius 2 is 1.77 bits per heavy atom. The van der Waals surface area contributed by atoms with Crippen LogP contribution in [0.25, 0.3) is 0 Å². The Balaban J connectivity index is 1.65. The van der Waals surface area contributed by atoms with Crippen molar-refractivity contribution in [2.24, 2.45) is 0 Å². The summed E-state index contributed by atoms with van der Waals surface area (Å²) in [5.41, 5.74) is -3.02. The summed E-state index contributed by atoms with van der Waals surface area (Å²) in [5.74, 6) is -0.197. The van der Waals surface area contributed by atoms with Gasteiger partial charge in [-0.15, -0.1) is 0 Å². The maximum atomic E-state index is 13.1. The number of hydrogen-bond acceptors (Lipinski definition) is 5. The summed E-state index contributed by atoms with van der Waals surface area (Å²) in [5, 5.41) is 0. The molecular weight excluding hydrogens is 415 g/mol. The molecule has 1 aromatic carbocycles. The highest BCUT2D eigenvalue weighted by molar-refractivity contribution is 8.00. The Kier molecular flexibility index (Phi) is 8.12. The molecule has 1 saturated heterocycles. The first-order chi connectivity index (χ1) is 14.4. The number of ether oxygens (including phenoxy) is 1. The third-order valence-electron chi connectivity index (χ3n) is 4.75. The van der Waals surface area contributed by atoms with Gasteiger partial charge in [0, 0.05) is 55.6 Å². The number of amides is 1. The van der Waals surface area contributed by atoms with Crippen molar-refractivity contribution in [3.8, 4) is 0 Å². The minimum atomic E-state index is -4.35. The average Bonchev–Trinajstić information content (AvgIpc) is 2.73. The van der Waals surface area contributed by atoms with Gasteiger partial charge in [0.1, 0.15) is 0 Å². The highest BCUT2D eigenvalue weighted by Crippen LogP contribution is 2.36. The first-order valence-electron chi connectivity index (χ1n) is 9.75. The van der Waals surface area contributed by atoms with Crippen molar-refractivity contribution in [3.05, 3.63) is 59.9 Å². The van der Waals surface area contributed by atoms with Crippen LogP contribution in [-0.4, -0.2) is 65.6 Å². The molecule has 1 amide bonds. The molecule has 0 unspecified atom stereocenters. The molecule has 1 aliphatic heterocycles. The molecule has 0 aliphatic carbocycles. The summed E-state index contributed by atoms with van der Waals surface area (Å²) in [4.78, 5) is 21.2. The summed E-state index contributed by atoms with van der Waals surface area (Å²) in [6.07, 6.45) is 4.16. The molecule has 0 atom stereocenters. The number of hydrogen-bond donors (Lipinski definition) is 0. The fraction of sp³-hybridized carbons (Fsp3) is 0.429. The zero-order chi connectivity index (χ0) is 21.4. The van der Waals surface area contributed by atoms with E-state index in [1.54, 1.807) is 17.3 Å². The van der Waals surface area contributed by atoms with Crippen molar-refractivity contribution in [2.45, 2.75) is 23.4 Å². The van der Waals surface area contributed by atoms with Crippen molar-refractivity contribution in [3.63, 3.8) is 0 Å². The van der Waals surface area contributed by atoms with Crippen LogP contribution in [0.1, 0.15) is 22.3 Å². The van der Waals surface area contributed by atoms with Gasteiger partial charge in [-0.1, -0.05) is 0 Å². The minimum Gasteiger partial charge on any atom is -0.379 e. The van der Waals surface area contributed by atoms with E-state index < -0.39 is 5.51 Å². The molecule has 1 aliphatic rings. The van der Waals surface area contributed by atoms with E-state index in [4.69, 9.17) is 4.74 Å². The van der Waals surface area contributed by atoms with Crippen molar-refractivity contribution < 1.29 is 22.7 Å². The fourth-order valence-electron chi connectivity index (χ4n) is 3.25. The van der Waals surface area contributed by atoms with Crippen molar-refractivity contribution in [2.75, 3.05) is 39.4 Å². The van der Waals surface area contributed by atoms with E-state index >= 15 is 0 Å². The molecule has 0 spiro atoms. The van der Waals surface area contributed by atoms with Crippen molar-refractivity contribution in [1.82, 2.24) is 14.8 Å². The molecule has 0 bridgehead atoms. The number of halogens is 3. The highest BCUT2D eigenvalue weighted by atomic mass is 32.2. The van der Waals surface area contributed by atoms with Gasteiger partial charge in [-0.2, -0.15) is 13.2 Å². The van der Waals surface area contributed by atoms with E-state index in [9.17, 15) is 18.0 Å². The summed E-state index contributed by atoms with van der Waals surface area (Å²) in [7, 11) is 0. The van der Waals surface area contributed by atoms with Gasteiger partial charge < -0.3 is 9.64 Å². The number of benzene rings is 1. The average molecular weight is 440 g/mol. The molecule has 0 saturated carbocycles. The van der Waals surface area contributed by atoms with Gasteiger partial charge in [0.25, 0.3) is 5.91 Å². The molecule has 2 aromatic rings. The number of alkyl halides is 3. The van der Waals surface area contributed by atoms with Crippen LogP contribution in [0.15, 0.2) is 53.7 Å². The number of thioether (sulfide) groups is 1.